The lowest BCUT2D eigenvalue weighted by atomic mass is 9.94. The molecule has 2 aliphatic rings. The molecule has 2 aliphatic heterocycles. The highest BCUT2D eigenvalue weighted by Gasteiger charge is 2.46. The smallest absolute Gasteiger partial charge is 0.195 e. The SMILES string of the molecule is CC[C@@]1(C)Oc2ccc(Br)cc2[C@H]2CC(c3ccccc3)=NN21. The number of hydrazone groups is 1. The van der Waals surface area contributed by atoms with E-state index >= 15 is 0 Å². The molecule has 118 valence electrons. The van der Waals surface area contributed by atoms with Crippen molar-refractivity contribution in [1.82, 2.24) is 5.01 Å². The monoisotopic (exact) mass is 370 g/mol. The molecular formula is C19H19BrN2O. The van der Waals surface area contributed by atoms with E-state index in [2.05, 4.69) is 71.2 Å². The van der Waals surface area contributed by atoms with E-state index in [4.69, 9.17) is 9.84 Å². The van der Waals surface area contributed by atoms with Gasteiger partial charge in [-0.05, 0) is 30.7 Å². The van der Waals surface area contributed by atoms with E-state index in [-0.39, 0.29) is 6.04 Å². The van der Waals surface area contributed by atoms with Crippen LogP contribution >= 0.6 is 15.9 Å². The highest BCUT2D eigenvalue weighted by molar-refractivity contribution is 9.10. The molecule has 0 bridgehead atoms. The Labute approximate surface area is 145 Å². The second-order valence-corrected chi connectivity index (χ2v) is 7.21. The van der Waals surface area contributed by atoms with Gasteiger partial charge in [-0.15, -0.1) is 0 Å². The predicted molar refractivity (Wildman–Crippen MR) is 95.6 cm³/mol. The summed E-state index contributed by atoms with van der Waals surface area (Å²) in [7, 11) is 0. The Hall–Kier alpha value is -1.81. The Kier molecular flexibility index (Phi) is 3.45. The summed E-state index contributed by atoms with van der Waals surface area (Å²) in [5.41, 5.74) is 3.13. The van der Waals surface area contributed by atoms with Crippen molar-refractivity contribution in [3.05, 3.63) is 64.1 Å². The van der Waals surface area contributed by atoms with Crippen LogP contribution in [-0.4, -0.2) is 16.4 Å². The van der Waals surface area contributed by atoms with Crippen LogP contribution in [0.5, 0.6) is 5.75 Å². The molecule has 0 fully saturated rings. The van der Waals surface area contributed by atoms with Crippen LogP contribution in [0.1, 0.15) is 43.9 Å². The Bertz CT molecular complexity index is 774. The molecule has 0 spiro atoms. The molecule has 23 heavy (non-hydrogen) atoms. The molecule has 0 aromatic heterocycles. The van der Waals surface area contributed by atoms with E-state index in [1.54, 1.807) is 0 Å². The third kappa shape index (κ3) is 2.36. The number of ether oxygens (including phenoxy) is 1. The van der Waals surface area contributed by atoms with Gasteiger partial charge in [-0.1, -0.05) is 53.2 Å². The van der Waals surface area contributed by atoms with Gasteiger partial charge < -0.3 is 4.74 Å². The standard InChI is InChI=1S/C19H19BrN2O/c1-3-19(2)22-17(15-11-14(20)9-10-18(15)23-19)12-16(21-22)13-7-5-4-6-8-13/h4-11,17H,3,12H2,1-2H3/t17-,19-/m1/s1. The van der Waals surface area contributed by atoms with Crippen LogP contribution in [0.15, 0.2) is 58.1 Å². The van der Waals surface area contributed by atoms with Gasteiger partial charge in [0, 0.05) is 22.9 Å². The Morgan fingerprint density at radius 1 is 1.26 bits per heavy atom. The summed E-state index contributed by atoms with van der Waals surface area (Å²) in [6.45, 7) is 4.28. The average molecular weight is 371 g/mol. The lowest BCUT2D eigenvalue weighted by molar-refractivity contribution is -0.108. The van der Waals surface area contributed by atoms with E-state index in [0.29, 0.717) is 0 Å². The second-order valence-electron chi connectivity index (χ2n) is 6.29. The number of halogens is 1. The van der Waals surface area contributed by atoms with Gasteiger partial charge in [0.25, 0.3) is 0 Å². The van der Waals surface area contributed by atoms with Gasteiger partial charge in [-0.2, -0.15) is 5.10 Å². The third-order valence-corrected chi connectivity index (χ3v) is 5.31. The summed E-state index contributed by atoms with van der Waals surface area (Å²) in [4.78, 5) is 0. The molecule has 0 saturated heterocycles. The molecule has 4 rings (SSSR count). The maximum absolute atomic E-state index is 6.32. The molecule has 3 nitrogen and oxygen atoms in total. The van der Waals surface area contributed by atoms with Gasteiger partial charge in [0.15, 0.2) is 5.72 Å². The first kappa shape index (κ1) is 14.8. The van der Waals surface area contributed by atoms with E-state index in [1.165, 1.54) is 11.1 Å². The van der Waals surface area contributed by atoms with Crippen LogP contribution in [-0.2, 0) is 0 Å². The lowest BCUT2D eigenvalue weighted by Crippen LogP contribution is -2.50. The lowest BCUT2D eigenvalue weighted by Gasteiger charge is -2.45. The van der Waals surface area contributed by atoms with Crippen LogP contribution in [0.3, 0.4) is 0 Å². The molecule has 0 radical (unpaired) electrons. The van der Waals surface area contributed by atoms with Gasteiger partial charge in [0.1, 0.15) is 5.75 Å². The third-order valence-electron chi connectivity index (χ3n) is 4.82. The van der Waals surface area contributed by atoms with E-state index in [9.17, 15) is 0 Å². The zero-order valence-electron chi connectivity index (χ0n) is 13.3. The number of hydrogen-bond acceptors (Lipinski definition) is 3. The molecular weight excluding hydrogens is 352 g/mol. The van der Waals surface area contributed by atoms with Crippen molar-refractivity contribution in [1.29, 1.82) is 0 Å². The van der Waals surface area contributed by atoms with Crippen LogP contribution in [0.25, 0.3) is 0 Å². The van der Waals surface area contributed by atoms with Crippen molar-refractivity contribution in [3.8, 4) is 5.75 Å². The van der Waals surface area contributed by atoms with Gasteiger partial charge >= 0.3 is 0 Å². The number of rotatable bonds is 2. The van der Waals surface area contributed by atoms with Gasteiger partial charge in [-0.25, -0.2) is 5.01 Å². The summed E-state index contributed by atoms with van der Waals surface area (Å²) in [5.74, 6) is 0.975. The Morgan fingerprint density at radius 2 is 2.04 bits per heavy atom. The highest BCUT2D eigenvalue weighted by atomic mass is 79.9. The van der Waals surface area contributed by atoms with Crippen LogP contribution < -0.4 is 4.74 Å². The second kappa shape index (κ2) is 5.38. The molecule has 2 heterocycles. The first-order valence-corrected chi connectivity index (χ1v) is 8.81. The minimum atomic E-state index is -0.401. The Balaban J connectivity index is 1.80. The summed E-state index contributed by atoms with van der Waals surface area (Å²) >= 11 is 3.58. The fourth-order valence-electron chi connectivity index (χ4n) is 3.38. The van der Waals surface area contributed by atoms with Gasteiger partial charge in [-0.3, -0.25) is 0 Å². The normalized spacial score (nSPS) is 25.4. The number of benzene rings is 2. The van der Waals surface area contributed by atoms with Crippen molar-refractivity contribution < 1.29 is 4.74 Å². The molecule has 0 amide bonds. The molecule has 0 aliphatic carbocycles. The first-order chi connectivity index (χ1) is 11.1. The van der Waals surface area contributed by atoms with Crippen molar-refractivity contribution in [3.63, 3.8) is 0 Å². The number of nitrogens with zero attached hydrogens (tertiary/aromatic N) is 2. The maximum atomic E-state index is 6.32. The van der Waals surface area contributed by atoms with Crippen molar-refractivity contribution >= 4 is 21.6 Å². The minimum absolute atomic E-state index is 0.233. The first-order valence-electron chi connectivity index (χ1n) is 8.01. The quantitative estimate of drug-likeness (QED) is 0.732. The predicted octanol–water partition coefficient (Wildman–Crippen LogP) is 5.12. The fourth-order valence-corrected chi connectivity index (χ4v) is 3.76. The topological polar surface area (TPSA) is 24.8 Å². The molecule has 2 aromatic rings. The molecule has 0 N–H and O–H groups in total. The molecule has 2 atom stereocenters. The largest absolute Gasteiger partial charge is 0.466 e. The Morgan fingerprint density at radius 3 is 2.78 bits per heavy atom. The molecule has 0 unspecified atom stereocenters. The van der Waals surface area contributed by atoms with Gasteiger partial charge in [0.2, 0.25) is 0 Å². The minimum Gasteiger partial charge on any atom is -0.466 e. The van der Waals surface area contributed by atoms with E-state index in [1.807, 2.05) is 12.1 Å². The maximum Gasteiger partial charge on any atom is 0.195 e. The van der Waals surface area contributed by atoms with Crippen LogP contribution in [0.4, 0.5) is 0 Å². The fraction of sp³-hybridized carbons (Fsp3) is 0.316. The van der Waals surface area contributed by atoms with E-state index < -0.39 is 5.72 Å². The highest BCUT2D eigenvalue weighted by Crippen LogP contribution is 2.48. The molecule has 0 saturated carbocycles. The molecule has 2 aromatic carbocycles. The number of fused-ring (bicyclic) bond motifs is 3. The van der Waals surface area contributed by atoms with Crippen molar-refractivity contribution in [2.75, 3.05) is 0 Å². The zero-order chi connectivity index (χ0) is 16.0. The average Bonchev–Trinajstić information content (AvgIpc) is 3.03. The zero-order valence-corrected chi connectivity index (χ0v) is 14.9. The molecule has 4 heteroatoms. The number of hydrogen-bond donors (Lipinski definition) is 0. The summed E-state index contributed by atoms with van der Waals surface area (Å²) < 4.78 is 7.40. The van der Waals surface area contributed by atoms with Crippen molar-refractivity contribution in [2.45, 2.75) is 38.5 Å². The van der Waals surface area contributed by atoms with Crippen molar-refractivity contribution in [2.24, 2.45) is 5.10 Å². The van der Waals surface area contributed by atoms with Crippen LogP contribution in [0.2, 0.25) is 0 Å². The van der Waals surface area contributed by atoms with Crippen LogP contribution in [0, 0.1) is 0 Å². The summed E-state index contributed by atoms with van der Waals surface area (Å²) in [6, 6.07) is 16.9. The summed E-state index contributed by atoms with van der Waals surface area (Å²) in [5, 5.41) is 7.10. The summed E-state index contributed by atoms with van der Waals surface area (Å²) in [6.07, 6.45) is 1.79. The van der Waals surface area contributed by atoms with E-state index in [0.717, 1.165) is 28.8 Å². The van der Waals surface area contributed by atoms with Gasteiger partial charge in [0.05, 0.1) is 11.8 Å².